The Morgan fingerprint density at radius 3 is 1.65 bits per heavy atom. The number of fused-ring (bicyclic) bond motifs is 9. The zero-order valence-corrected chi connectivity index (χ0v) is 13.8. The molecular formula is C21H15N3O2. The summed E-state index contributed by atoms with van der Waals surface area (Å²) in [6, 6.07) is 16.0. The Morgan fingerprint density at radius 2 is 1.15 bits per heavy atom. The number of aromatic amines is 2. The van der Waals surface area contributed by atoms with Gasteiger partial charge in [0.15, 0.2) is 0 Å². The van der Waals surface area contributed by atoms with E-state index in [0.29, 0.717) is 6.42 Å². The van der Waals surface area contributed by atoms with Crippen LogP contribution in [0.1, 0.15) is 34.4 Å². The number of amides is 2. The van der Waals surface area contributed by atoms with Gasteiger partial charge in [-0.1, -0.05) is 36.4 Å². The molecule has 26 heavy (non-hydrogen) atoms. The number of rotatable bonds is 0. The first-order chi connectivity index (χ1) is 12.7. The highest BCUT2D eigenvalue weighted by molar-refractivity contribution is 6.13. The van der Waals surface area contributed by atoms with E-state index >= 15 is 0 Å². The molecule has 0 bridgehead atoms. The van der Waals surface area contributed by atoms with Crippen molar-refractivity contribution in [3.05, 3.63) is 71.0 Å². The van der Waals surface area contributed by atoms with Crippen LogP contribution in [0.15, 0.2) is 48.5 Å². The Hall–Kier alpha value is -3.34. The van der Waals surface area contributed by atoms with E-state index in [2.05, 4.69) is 15.3 Å². The molecule has 5 heteroatoms. The Kier molecular flexibility index (Phi) is 2.48. The van der Waals surface area contributed by atoms with Gasteiger partial charge in [-0.3, -0.25) is 14.9 Å². The van der Waals surface area contributed by atoms with Gasteiger partial charge in [0.1, 0.15) is 0 Å². The summed E-state index contributed by atoms with van der Waals surface area (Å²) < 4.78 is 0. The lowest BCUT2D eigenvalue weighted by Gasteiger charge is -2.14. The zero-order valence-electron chi connectivity index (χ0n) is 13.8. The molecule has 4 aromatic rings. The summed E-state index contributed by atoms with van der Waals surface area (Å²) in [5.74, 6) is -1.39. The molecule has 1 fully saturated rings. The van der Waals surface area contributed by atoms with E-state index in [9.17, 15) is 9.59 Å². The van der Waals surface area contributed by atoms with Crippen LogP contribution in [-0.4, -0.2) is 21.8 Å². The Bertz CT molecular complexity index is 1150. The summed E-state index contributed by atoms with van der Waals surface area (Å²) in [6.07, 6.45) is 0.654. The second-order valence-electron chi connectivity index (χ2n) is 7.11. The van der Waals surface area contributed by atoms with E-state index in [1.54, 1.807) is 0 Å². The van der Waals surface area contributed by atoms with E-state index < -0.39 is 11.8 Å². The minimum absolute atomic E-state index is 0.205. The van der Waals surface area contributed by atoms with Crippen LogP contribution >= 0.6 is 0 Å². The van der Waals surface area contributed by atoms with Crippen LogP contribution < -0.4 is 5.32 Å². The predicted molar refractivity (Wildman–Crippen MR) is 98.0 cm³/mol. The molecule has 126 valence electrons. The monoisotopic (exact) mass is 341 g/mol. The third-order valence-corrected chi connectivity index (χ3v) is 5.78. The third kappa shape index (κ3) is 1.60. The maximum absolute atomic E-state index is 12.8. The van der Waals surface area contributed by atoms with Crippen molar-refractivity contribution >= 4 is 33.6 Å². The quantitative estimate of drug-likeness (QED) is 0.430. The van der Waals surface area contributed by atoms with Crippen LogP contribution in [0.4, 0.5) is 0 Å². The van der Waals surface area contributed by atoms with Gasteiger partial charge in [0, 0.05) is 39.6 Å². The van der Waals surface area contributed by atoms with Crippen molar-refractivity contribution in [2.45, 2.75) is 18.3 Å². The number of hydrogen-bond acceptors (Lipinski definition) is 2. The highest BCUT2D eigenvalue weighted by atomic mass is 16.2. The number of aromatic nitrogens is 2. The number of para-hydroxylation sites is 2. The van der Waals surface area contributed by atoms with Crippen LogP contribution in [0.5, 0.6) is 0 Å². The molecule has 1 aliphatic heterocycles. The molecular weight excluding hydrogens is 326 g/mol. The Labute approximate surface area is 148 Å². The van der Waals surface area contributed by atoms with Crippen LogP contribution in [-0.2, 0) is 16.0 Å². The van der Waals surface area contributed by atoms with E-state index in [4.69, 9.17) is 0 Å². The van der Waals surface area contributed by atoms with E-state index in [1.807, 2.05) is 48.5 Å². The fourth-order valence-electron chi connectivity index (χ4n) is 4.78. The van der Waals surface area contributed by atoms with Gasteiger partial charge in [0.2, 0.25) is 11.8 Å². The van der Waals surface area contributed by atoms with Crippen molar-refractivity contribution in [2.24, 2.45) is 0 Å². The minimum atomic E-state index is -0.492. The average Bonchev–Trinajstić information content (AvgIpc) is 3.23. The summed E-state index contributed by atoms with van der Waals surface area (Å²) >= 11 is 0. The van der Waals surface area contributed by atoms with Crippen molar-refractivity contribution < 1.29 is 9.59 Å². The molecule has 2 unspecified atom stereocenters. The van der Waals surface area contributed by atoms with Crippen LogP contribution in [0.25, 0.3) is 21.8 Å². The molecule has 3 heterocycles. The first-order valence-corrected chi connectivity index (χ1v) is 8.76. The van der Waals surface area contributed by atoms with E-state index in [1.165, 1.54) is 0 Å². The second kappa shape index (κ2) is 4.64. The number of benzene rings is 2. The number of carbonyl (C=O) groups excluding carboxylic acids is 2. The topological polar surface area (TPSA) is 77.8 Å². The normalized spacial score (nSPS) is 21.4. The van der Waals surface area contributed by atoms with Gasteiger partial charge in [-0.05, 0) is 23.3 Å². The largest absolute Gasteiger partial charge is 0.358 e. The van der Waals surface area contributed by atoms with Crippen molar-refractivity contribution in [1.29, 1.82) is 0 Å². The maximum atomic E-state index is 12.8. The Balaban J connectivity index is 1.74. The highest BCUT2D eigenvalue weighted by Gasteiger charge is 2.48. The van der Waals surface area contributed by atoms with Gasteiger partial charge in [-0.15, -0.1) is 0 Å². The average molecular weight is 341 g/mol. The second-order valence-corrected chi connectivity index (χ2v) is 7.11. The van der Waals surface area contributed by atoms with Gasteiger partial charge in [0.05, 0.1) is 11.8 Å². The molecule has 5 nitrogen and oxygen atoms in total. The van der Waals surface area contributed by atoms with E-state index in [-0.39, 0.29) is 11.8 Å². The number of hydrogen-bond donors (Lipinski definition) is 3. The molecule has 3 N–H and O–H groups in total. The first kappa shape index (κ1) is 13.9. The SMILES string of the molecule is O=C1NC(=O)C2c3c([nH]c4ccccc34)Cc3[nH]c4ccccc4c3C12. The molecule has 2 atom stereocenters. The summed E-state index contributed by atoms with van der Waals surface area (Å²) in [6.45, 7) is 0. The minimum Gasteiger partial charge on any atom is -0.358 e. The molecule has 2 amide bonds. The summed E-state index contributed by atoms with van der Waals surface area (Å²) in [5.41, 5.74) is 5.95. The van der Waals surface area contributed by atoms with Gasteiger partial charge in [0.25, 0.3) is 0 Å². The lowest BCUT2D eigenvalue weighted by atomic mass is 9.83. The van der Waals surface area contributed by atoms with Gasteiger partial charge in [-0.25, -0.2) is 0 Å². The molecule has 0 radical (unpaired) electrons. The summed E-state index contributed by atoms with van der Waals surface area (Å²) in [4.78, 5) is 32.5. The third-order valence-electron chi connectivity index (χ3n) is 5.78. The zero-order chi connectivity index (χ0) is 17.4. The molecule has 2 aromatic carbocycles. The lowest BCUT2D eigenvalue weighted by Crippen LogP contribution is -2.22. The number of H-pyrrole nitrogens is 2. The fraction of sp³-hybridized carbons (Fsp3) is 0.143. The highest BCUT2D eigenvalue weighted by Crippen LogP contribution is 2.48. The fourth-order valence-corrected chi connectivity index (χ4v) is 4.78. The van der Waals surface area contributed by atoms with Crippen molar-refractivity contribution in [1.82, 2.24) is 15.3 Å². The molecule has 6 rings (SSSR count). The predicted octanol–water partition coefficient (Wildman–Crippen LogP) is 3.08. The molecule has 2 aromatic heterocycles. The lowest BCUT2D eigenvalue weighted by molar-refractivity contribution is -0.125. The standard InChI is InChI=1S/C21H15N3O2/c25-20-18-16-10-5-1-3-7-12(10)22-14(16)9-15-17(19(18)21(26)24-20)11-6-2-4-8-13(11)23-15/h1-8,18-19,22-23H,9H2,(H,24,25,26). The molecule has 0 spiro atoms. The number of imide groups is 1. The van der Waals surface area contributed by atoms with Crippen molar-refractivity contribution in [3.63, 3.8) is 0 Å². The van der Waals surface area contributed by atoms with Crippen LogP contribution in [0.3, 0.4) is 0 Å². The molecule has 2 aliphatic rings. The molecule has 1 aliphatic carbocycles. The molecule has 0 saturated carbocycles. The van der Waals surface area contributed by atoms with Crippen LogP contribution in [0.2, 0.25) is 0 Å². The van der Waals surface area contributed by atoms with Gasteiger partial charge < -0.3 is 9.97 Å². The number of carbonyl (C=O) groups is 2. The van der Waals surface area contributed by atoms with Gasteiger partial charge >= 0.3 is 0 Å². The summed E-state index contributed by atoms with van der Waals surface area (Å²) in [7, 11) is 0. The smallest absolute Gasteiger partial charge is 0.235 e. The summed E-state index contributed by atoms with van der Waals surface area (Å²) in [5, 5.41) is 4.62. The van der Waals surface area contributed by atoms with E-state index in [0.717, 1.165) is 44.3 Å². The van der Waals surface area contributed by atoms with Gasteiger partial charge in [-0.2, -0.15) is 0 Å². The van der Waals surface area contributed by atoms with Crippen LogP contribution in [0, 0.1) is 0 Å². The van der Waals surface area contributed by atoms with Crippen molar-refractivity contribution in [3.8, 4) is 0 Å². The molecule has 1 saturated heterocycles. The first-order valence-electron chi connectivity index (χ1n) is 8.76. The van der Waals surface area contributed by atoms with Crippen molar-refractivity contribution in [2.75, 3.05) is 0 Å². The number of nitrogens with one attached hydrogen (secondary N) is 3. The maximum Gasteiger partial charge on any atom is 0.235 e. The Morgan fingerprint density at radius 1 is 0.692 bits per heavy atom.